The van der Waals surface area contributed by atoms with Gasteiger partial charge < -0.3 is 0 Å². The van der Waals surface area contributed by atoms with Crippen LogP contribution in [0, 0.1) is 11.8 Å². The highest BCUT2D eigenvalue weighted by atomic mass is 14.7. The second-order valence-corrected chi connectivity index (χ2v) is 6.79. The molecule has 0 amide bonds. The maximum absolute atomic E-state index is 4.76. The molecule has 2 rings (SSSR count). The first-order valence-corrected chi connectivity index (χ1v) is 8.07. The standard InChI is InChI=1S/C20H27N/c1-15(2)12-19(13-16(3)4)20-11-10-18(14-21-20)17-8-6-5-7-9-17/h5-11,14-16,19H,12-13H2,1-4H3. The molecule has 0 aliphatic heterocycles. The molecule has 0 N–H and O–H groups in total. The second kappa shape index (κ2) is 7.40. The zero-order valence-corrected chi connectivity index (χ0v) is 13.7. The predicted molar refractivity (Wildman–Crippen MR) is 91.3 cm³/mol. The van der Waals surface area contributed by atoms with E-state index >= 15 is 0 Å². The van der Waals surface area contributed by atoms with Crippen LogP contribution < -0.4 is 0 Å². The minimum atomic E-state index is 0.579. The van der Waals surface area contributed by atoms with Gasteiger partial charge in [-0.1, -0.05) is 64.1 Å². The van der Waals surface area contributed by atoms with E-state index in [4.69, 9.17) is 4.98 Å². The molecule has 0 radical (unpaired) electrons. The summed E-state index contributed by atoms with van der Waals surface area (Å²) in [4.78, 5) is 4.76. The lowest BCUT2D eigenvalue weighted by atomic mass is 9.86. The van der Waals surface area contributed by atoms with Crippen LogP contribution in [-0.2, 0) is 0 Å². The van der Waals surface area contributed by atoms with Crippen molar-refractivity contribution in [3.05, 3.63) is 54.4 Å². The van der Waals surface area contributed by atoms with Crippen LogP contribution in [0.1, 0.15) is 52.1 Å². The van der Waals surface area contributed by atoms with Crippen molar-refractivity contribution in [3.63, 3.8) is 0 Å². The highest BCUT2D eigenvalue weighted by Gasteiger charge is 2.16. The minimum Gasteiger partial charge on any atom is -0.260 e. The van der Waals surface area contributed by atoms with E-state index in [0.717, 1.165) is 0 Å². The Hall–Kier alpha value is -1.63. The lowest BCUT2D eigenvalue weighted by molar-refractivity contribution is 0.417. The largest absolute Gasteiger partial charge is 0.260 e. The van der Waals surface area contributed by atoms with Gasteiger partial charge in [-0.05, 0) is 36.3 Å². The van der Waals surface area contributed by atoms with Crippen molar-refractivity contribution in [1.82, 2.24) is 4.98 Å². The first-order valence-electron chi connectivity index (χ1n) is 8.07. The molecule has 0 aliphatic carbocycles. The summed E-state index contributed by atoms with van der Waals surface area (Å²) < 4.78 is 0. The van der Waals surface area contributed by atoms with Gasteiger partial charge in [-0.25, -0.2) is 0 Å². The van der Waals surface area contributed by atoms with E-state index in [2.05, 4.69) is 64.1 Å². The molecule has 0 saturated heterocycles. The van der Waals surface area contributed by atoms with Gasteiger partial charge in [0.25, 0.3) is 0 Å². The van der Waals surface area contributed by atoms with E-state index in [9.17, 15) is 0 Å². The van der Waals surface area contributed by atoms with Crippen molar-refractivity contribution in [1.29, 1.82) is 0 Å². The maximum atomic E-state index is 4.76. The van der Waals surface area contributed by atoms with E-state index < -0.39 is 0 Å². The van der Waals surface area contributed by atoms with E-state index in [0.29, 0.717) is 17.8 Å². The highest BCUT2D eigenvalue weighted by Crippen LogP contribution is 2.30. The molecule has 112 valence electrons. The number of benzene rings is 1. The number of pyridine rings is 1. The number of aromatic nitrogens is 1. The Kier molecular flexibility index (Phi) is 5.55. The summed E-state index contributed by atoms with van der Waals surface area (Å²) >= 11 is 0. The van der Waals surface area contributed by atoms with Gasteiger partial charge in [0.1, 0.15) is 0 Å². The van der Waals surface area contributed by atoms with Crippen LogP contribution in [0.3, 0.4) is 0 Å². The third-order valence-corrected chi connectivity index (χ3v) is 3.82. The first kappa shape index (κ1) is 15.8. The Bertz CT molecular complexity index is 516. The van der Waals surface area contributed by atoms with Gasteiger partial charge in [0.05, 0.1) is 0 Å². The molecule has 1 nitrogen and oxygen atoms in total. The van der Waals surface area contributed by atoms with Crippen LogP contribution in [0.15, 0.2) is 48.7 Å². The van der Waals surface area contributed by atoms with Crippen molar-refractivity contribution >= 4 is 0 Å². The van der Waals surface area contributed by atoms with E-state index in [-0.39, 0.29) is 0 Å². The molecule has 1 aromatic carbocycles. The fourth-order valence-electron chi connectivity index (χ4n) is 2.92. The minimum absolute atomic E-state index is 0.579. The highest BCUT2D eigenvalue weighted by molar-refractivity contribution is 5.62. The Morgan fingerprint density at radius 1 is 0.762 bits per heavy atom. The molecule has 0 unspecified atom stereocenters. The molecule has 0 atom stereocenters. The topological polar surface area (TPSA) is 12.9 Å². The monoisotopic (exact) mass is 281 g/mol. The molecule has 0 saturated carbocycles. The molecule has 0 aliphatic rings. The molecule has 1 heterocycles. The van der Waals surface area contributed by atoms with Crippen molar-refractivity contribution in [2.45, 2.75) is 46.5 Å². The molecular formula is C20H27N. The molecular weight excluding hydrogens is 254 g/mol. The summed E-state index contributed by atoms with van der Waals surface area (Å²) in [7, 11) is 0. The molecule has 0 bridgehead atoms. The van der Waals surface area contributed by atoms with Crippen LogP contribution in [0.25, 0.3) is 11.1 Å². The zero-order chi connectivity index (χ0) is 15.2. The summed E-state index contributed by atoms with van der Waals surface area (Å²) in [6.07, 6.45) is 4.46. The van der Waals surface area contributed by atoms with E-state index in [1.165, 1.54) is 29.7 Å². The van der Waals surface area contributed by atoms with Crippen molar-refractivity contribution in [3.8, 4) is 11.1 Å². The van der Waals surface area contributed by atoms with Gasteiger partial charge in [-0.2, -0.15) is 0 Å². The quantitative estimate of drug-likeness (QED) is 0.640. The zero-order valence-electron chi connectivity index (χ0n) is 13.7. The molecule has 21 heavy (non-hydrogen) atoms. The van der Waals surface area contributed by atoms with Gasteiger partial charge in [-0.3, -0.25) is 4.98 Å². The van der Waals surface area contributed by atoms with Crippen LogP contribution in [0.2, 0.25) is 0 Å². The average molecular weight is 281 g/mol. The van der Waals surface area contributed by atoms with Crippen LogP contribution in [-0.4, -0.2) is 4.98 Å². The van der Waals surface area contributed by atoms with Crippen molar-refractivity contribution in [2.75, 3.05) is 0 Å². The third kappa shape index (κ3) is 4.70. The predicted octanol–water partition coefficient (Wildman–Crippen LogP) is 5.92. The van der Waals surface area contributed by atoms with Gasteiger partial charge in [-0.15, -0.1) is 0 Å². The smallest absolute Gasteiger partial charge is 0.0435 e. The molecule has 0 spiro atoms. The maximum Gasteiger partial charge on any atom is 0.0435 e. The second-order valence-electron chi connectivity index (χ2n) is 6.79. The van der Waals surface area contributed by atoms with Crippen LogP contribution in [0.5, 0.6) is 0 Å². The van der Waals surface area contributed by atoms with Gasteiger partial charge in [0, 0.05) is 23.4 Å². The lowest BCUT2D eigenvalue weighted by Crippen LogP contribution is -2.08. The summed E-state index contributed by atoms with van der Waals surface area (Å²) in [6, 6.07) is 14.9. The van der Waals surface area contributed by atoms with E-state index in [1.807, 2.05) is 12.3 Å². The molecule has 1 heteroatoms. The number of nitrogens with zero attached hydrogens (tertiary/aromatic N) is 1. The Balaban J connectivity index is 2.19. The normalized spacial score (nSPS) is 11.6. The number of rotatable bonds is 6. The SMILES string of the molecule is CC(C)CC(CC(C)C)c1ccc(-c2ccccc2)cn1. The fourth-order valence-corrected chi connectivity index (χ4v) is 2.92. The lowest BCUT2D eigenvalue weighted by Gasteiger charge is -2.20. The average Bonchev–Trinajstić information content (AvgIpc) is 2.47. The first-order chi connectivity index (χ1) is 10.1. The molecule has 0 fully saturated rings. The summed E-state index contributed by atoms with van der Waals surface area (Å²) in [5, 5.41) is 0. The van der Waals surface area contributed by atoms with E-state index in [1.54, 1.807) is 0 Å². The molecule has 1 aromatic heterocycles. The Morgan fingerprint density at radius 3 is 1.86 bits per heavy atom. The van der Waals surface area contributed by atoms with Crippen molar-refractivity contribution in [2.24, 2.45) is 11.8 Å². The van der Waals surface area contributed by atoms with Crippen LogP contribution >= 0.6 is 0 Å². The third-order valence-electron chi connectivity index (χ3n) is 3.82. The summed E-state index contributed by atoms with van der Waals surface area (Å²) in [5.41, 5.74) is 3.69. The Labute approximate surface area is 129 Å². The summed E-state index contributed by atoms with van der Waals surface area (Å²) in [6.45, 7) is 9.19. The van der Waals surface area contributed by atoms with Crippen LogP contribution in [0.4, 0.5) is 0 Å². The number of hydrogen-bond donors (Lipinski definition) is 0. The number of hydrogen-bond acceptors (Lipinski definition) is 1. The Morgan fingerprint density at radius 2 is 1.38 bits per heavy atom. The molecule has 2 aromatic rings. The summed E-state index contributed by atoms with van der Waals surface area (Å²) in [5.74, 6) is 2.00. The fraction of sp³-hybridized carbons (Fsp3) is 0.450. The van der Waals surface area contributed by atoms with Crippen molar-refractivity contribution < 1.29 is 0 Å². The van der Waals surface area contributed by atoms with Gasteiger partial charge in [0.2, 0.25) is 0 Å². The van der Waals surface area contributed by atoms with Gasteiger partial charge >= 0.3 is 0 Å². The van der Waals surface area contributed by atoms with Gasteiger partial charge in [0.15, 0.2) is 0 Å².